The van der Waals surface area contributed by atoms with Gasteiger partial charge in [0.05, 0.1) is 6.10 Å². The van der Waals surface area contributed by atoms with Gasteiger partial charge in [0.15, 0.2) is 0 Å². The molecule has 20 heavy (non-hydrogen) atoms. The smallest absolute Gasteiger partial charge is 0.123 e. The molecule has 0 aromatic heterocycles. The van der Waals surface area contributed by atoms with Crippen LogP contribution in [0.3, 0.4) is 0 Å². The molecule has 0 radical (unpaired) electrons. The Morgan fingerprint density at radius 1 is 1.30 bits per heavy atom. The molecule has 1 heterocycles. The number of nitrogens with zero attached hydrogens (tertiary/aromatic N) is 1. The molecule has 2 N–H and O–H groups in total. The van der Waals surface area contributed by atoms with E-state index in [4.69, 9.17) is 0 Å². The summed E-state index contributed by atoms with van der Waals surface area (Å²) in [6.45, 7) is 8.71. The molecular weight excluding hydrogens is 255 g/mol. The SMILES string of the molecule is CC(C)(C)N[C@H]1CCN(Cc2ccc(F)cc2)C[C@@H]1O. The van der Waals surface area contributed by atoms with Gasteiger partial charge in [0.2, 0.25) is 0 Å². The summed E-state index contributed by atoms with van der Waals surface area (Å²) in [6, 6.07) is 6.74. The summed E-state index contributed by atoms with van der Waals surface area (Å²) in [5.74, 6) is -0.207. The Kier molecular flexibility index (Phi) is 4.78. The van der Waals surface area contributed by atoms with E-state index in [-0.39, 0.29) is 23.5 Å². The first-order valence-corrected chi connectivity index (χ1v) is 7.26. The van der Waals surface area contributed by atoms with Crippen molar-refractivity contribution in [2.45, 2.75) is 51.4 Å². The topological polar surface area (TPSA) is 35.5 Å². The summed E-state index contributed by atoms with van der Waals surface area (Å²) in [7, 11) is 0. The number of piperidine rings is 1. The van der Waals surface area contributed by atoms with E-state index in [1.54, 1.807) is 12.1 Å². The molecule has 0 saturated carbocycles. The number of likely N-dealkylation sites (tertiary alicyclic amines) is 1. The Hall–Kier alpha value is -0.970. The Morgan fingerprint density at radius 2 is 1.95 bits per heavy atom. The van der Waals surface area contributed by atoms with Crippen molar-refractivity contribution in [2.75, 3.05) is 13.1 Å². The van der Waals surface area contributed by atoms with Crippen LogP contribution < -0.4 is 5.32 Å². The van der Waals surface area contributed by atoms with Crippen molar-refractivity contribution in [1.29, 1.82) is 0 Å². The molecule has 1 saturated heterocycles. The maximum Gasteiger partial charge on any atom is 0.123 e. The van der Waals surface area contributed by atoms with Gasteiger partial charge in [-0.1, -0.05) is 12.1 Å². The molecule has 1 aromatic carbocycles. The number of hydrogen-bond donors (Lipinski definition) is 2. The van der Waals surface area contributed by atoms with Crippen LogP contribution in [0.2, 0.25) is 0 Å². The van der Waals surface area contributed by atoms with E-state index in [0.29, 0.717) is 6.54 Å². The molecule has 2 atom stereocenters. The molecule has 3 nitrogen and oxygen atoms in total. The van der Waals surface area contributed by atoms with Crippen LogP contribution in [0.25, 0.3) is 0 Å². The van der Waals surface area contributed by atoms with Crippen LogP contribution in [0, 0.1) is 5.82 Å². The lowest BCUT2D eigenvalue weighted by molar-refractivity contribution is 0.0284. The number of aliphatic hydroxyl groups is 1. The second-order valence-corrected chi connectivity index (χ2v) is 6.72. The minimum absolute atomic E-state index is 0.0186. The number of nitrogens with one attached hydrogen (secondary N) is 1. The highest BCUT2D eigenvalue weighted by atomic mass is 19.1. The zero-order valence-corrected chi connectivity index (χ0v) is 12.6. The maximum absolute atomic E-state index is 12.9. The van der Waals surface area contributed by atoms with Crippen molar-refractivity contribution < 1.29 is 9.50 Å². The van der Waals surface area contributed by atoms with E-state index >= 15 is 0 Å². The average Bonchev–Trinajstić information content (AvgIpc) is 2.34. The first kappa shape index (κ1) is 15.4. The van der Waals surface area contributed by atoms with Crippen LogP contribution in [-0.2, 0) is 6.54 Å². The summed E-state index contributed by atoms with van der Waals surface area (Å²) in [4.78, 5) is 2.22. The van der Waals surface area contributed by atoms with Crippen molar-refractivity contribution in [3.05, 3.63) is 35.6 Å². The summed E-state index contributed by atoms with van der Waals surface area (Å²) >= 11 is 0. The zero-order chi connectivity index (χ0) is 14.8. The van der Waals surface area contributed by atoms with Crippen molar-refractivity contribution in [2.24, 2.45) is 0 Å². The first-order valence-electron chi connectivity index (χ1n) is 7.26. The lowest BCUT2D eigenvalue weighted by Gasteiger charge is -2.39. The van der Waals surface area contributed by atoms with E-state index in [9.17, 15) is 9.50 Å². The van der Waals surface area contributed by atoms with Crippen LogP contribution in [0.4, 0.5) is 4.39 Å². The van der Waals surface area contributed by atoms with Gasteiger partial charge in [-0.15, -0.1) is 0 Å². The molecule has 0 unspecified atom stereocenters. The van der Waals surface area contributed by atoms with Gasteiger partial charge in [-0.05, 0) is 44.9 Å². The monoisotopic (exact) mass is 280 g/mol. The van der Waals surface area contributed by atoms with Gasteiger partial charge in [-0.25, -0.2) is 4.39 Å². The summed E-state index contributed by atoms with van der Waals surface area (Å²) in [5, 5.41) is 13.7. The van der Waals surface area contributed by atoms with E-state index in [1.165, 1.54) is 12.1 Å². The normalized spacial score (nSPS) is 24.9. The highest BCUT2D eigenvalue weighted by molar-refractivity contribution is 5.16. The number of aliphatic hydroxyl groups excluding tert-OH is 1. The van der Waals surface area contributed by atoms with E-state index < -0.39 is 0 Å². The molecule has 2 rings (SSSR count). The minimum Gasteiger partial charge on any atom is -0.390 e. The number of halogens is 1. The molecule has 0 amide bonds. The Labute approximate surface area is 120 Å². The molecular formula is C16H25FN2O. The van der Waals surface area contributed by atoms with E-state index in [2.05, 4.69) is 31.0 Å². The maximum atomic E-state index is 12.9. The van der Waals surface area contributed by atoms with Crippen LogP contribution >= 0.6 is 0 Å². The predicted molar refractivity (Wildman–Crippen MR) is 79.0 cm³/mol. The van der Waals surface area contributed by atoms with Gasteiger partial charge in [-0.3, -0.25) is 4.90 Å². The van der Waals surface area contributed by atoms with Crippen LogP contribution in [0.1, 0.15) is 32.8 Å². The van der Waals surface area contributed by atoms with Crippen LogP contribution in [-0.4, -0.2) is 40.8 Å². The predicted octanol–water partition coefficient (Wildman–Crippen LogP) is 2.15. The number of hydrogen-bond acceptors (Lipinski definition) is 3. The molecule has 4 heteroatoms. The van der Waals surface area contributed by atoms with Gasteiger partial charge in [0.25, 0.3) is 0 Å². The van der Waals surface area contributed by atoms with Gasteiger partial charge < -0.3 is 10.4 Å². The Bertz CT molecular complexity index is 427. The van der Waals surface area contributed by atoms with Crippen LogP contribution in [0.15, 0.2) is 24.3 Å². The fraction of sp³-hybridized carbons (Fsp3) is 0.625. The summed E-state index contributed by atoms with van der Waals surface area (Å²) < 4.78 is 12.9. The Balaban J connectivity index is 1.87. The summed E-state index contributed by atoms with van der Waals surface area (Å²) in [6.07, 6.45) is 0.572. The minimum atomic E-state index is -0.358. The van der Waals surface area contributed by atoms with Crippen molar-refractivity contribution in [3.8, 4) is 0 Å². The Morgan fingerprint density at radius 3 is 2.50 bits per heavy atom. The van der Waals surface area contributed by atoms with Crippen molar-refractivity contribution in [3.63, 3.8) is 0 Å². The molecule has 1 aliphatic heterocycles. The number of benzene rings is 1. The zero-order valence-electron chi connectivity index (χ0n) is 12.6. The lowest BCUT2D eigenvalue weighted by Crippen LogP contribution is -2.56. The molecule has 0 spiro atoms. The number of rotatable bonds is 3. The van der Waals surface area contributed by atoms with Gasteiger partial charge >= 0.3 is 0 Å². The molecule has 1 fully saturated rings. The van der Waals surface area contributed by atoms with E-state index in [1.807, 2.05) is 0 Å². The van der Waals surface area contributed by atoms with Gasteiger partial charge in [0, 0.05) is 31.2 Å². The highest BCUT2D eigenvalue weighted by Gasteiger charge is 2.29. The second kappa shape index (κ2) is 6.20. The standard InChI is InChI=1S/C16H25FN2O/c1-16(2,3)18-14-8-9-19(11-15(14)20)10-12-4-6-13(17)7-5-12/h4-7,14-15,18,20H,8-11H2,1-3H3/t14-,15-/m0/s1. The van der Waals surface area contributed by atoms with Gasteiger partial charge in [0.1, 0.15) is 5.82 Å². The largest absolute Gasteiger partial charge is 0.390 e. The van der Waals surface area contributed by atoms with Crippen molar-refractivity contribution in [1.82, 2.24) is 10.2 Å². The average molecular weight is 280 g/mol. The summed E-state index contributed by atoms with van der Waals surface area (Å²) in [5.41, 5.74) is 1.10. The highest BCUT2D eigenvalue weighted by Crippen LogP contribution is 2.17. The lowest BCUT2D eigenvalue weighted by atomic mass is 9.97. The van der Waals surface area contributed by atoms with E-state index in [0.717, 1.165) is 25.1 Å². The molecule has 1 aliphatic rings. The number of β-amino-alcohol motifs (C(OH)–C–C–N with tert-alkyl or cyclic N) is 1. The third-order valence-corrected chi connectivity index (χ3v) is 3.60. The fourth-order valence-electron chi connectivity index (χ4n) is 2.71. The molecule has 1 aromatic rings. The van der Waals surface area contributed by atoms with Crippen LogP contribution in [0.5, 0.6) is 0 Å². The molecule has 0 aliphatic carbocycles. The van der Waals surface area contributed by atoms with Crippen molar-refractivity contribution >= 4 is 0 Å². The van der Waals surface area contributed by atoms with Gasteiger partial charge in [-0.2, -0.15) is 0 Å². The first-order chi connectivity index (χ1) is 9.33. The fourth-order valence-corrected chi connectivity index (χ4v) is 2.71. The third-order valence-electron chi connectivity index (χ3n) is 3.60. The quantitative estimate of drug-likeness (QED) is 0.890. The molecule has 0 bridgehead atoms. The molecule has 112 valence electrons. The second-order valence-electron chi connectivity index (χ2n) is 6.72. The third kappa shape index (κ3) is 4.54.